The first-order valence-electron chi connectivity index (χ1n) is 11.6. The predicted molar refractivity (Wildman–Crippen MR) is 140 cm³/mol. The number of rotatable bonds is 4. The van der Waals surface area contributed by atoms with Crippen LogP contribution in [-0.2, 0) is 15.0 Å². The van der Waals surface area contributed by atoms with Crippen LogP contribution < -0.4 is 10.2 Å². The van der Waals surface area contributed by atoms with Crippen molar-refractivity contribution in [3.05, 3.63) is 99.7 Å². The third-order valence-electron chi connectivity index (χ3n) is 6.52. The van der Waals surface area contributed by atoms with E-state index in [1.807, 2.05) is 88.4 Å². The van der Waals surface area contributed by atoms with Gasteiger partial charge in [0.25, 0.3) is 11.8 Å². The predicted octanol–water partition coefficient (Wildman–Crippen LogP) is 6.61. The minimum absolute atomic E-state index is 0.0181. The molecule has 34 heavy (non-hydrogen) atoms. The Hall–Kier alpha value is -3.66. The minimum Gasteiger partial charge on any atom is -0.350 e. The number of hydrogen-bond acceptors (Lipinski definition) is 3. The Labute approximate surface area is 202 Å². The average Bonchev–Trinajstić information content (AvgIpc) is 3.01. The van der Waals surface area contributed by atoms with Crippen LogP contribution in [0.3, 0.4) is 0 Å². The Kier molecular flexibility index (Phi) is 5.94. The molecule has 0 radical (unpaired) electrons. The van der Waals surface area contributed by atoms with Crippen molar-refractivity contribution < 1.29 is 9.59 Å². The number of carbonyl (C=O) groups is 2. The lowest BCUT2D eigenvalue weighted by Crippen LogP contribution is -2.32. The highest BCUT2D eigenvalue weighted by Crippen LogP contribution is 2.36. The summed E-state index contributed by atoms with van der Waals surface area (Å²) in [7, 11) is 0. The maximum Gasteiger partial charge on any atom is 0.282 e. The summed E-state index contributed by atoms with van der Waals surface area (Å²) in [6, 6.07) is 19.6. The molecule has 3 aromatic rings. The van der Waals surface area contributed by atoms with Crippen LogP contribution in [0.25, 0.3) is 5.57 Å². The third kappa shape index (κ3) is 4.28. The summed E-state index contributed by atoms with van der Waals surface area (Å²) in [5, 5.41) is 3.32. The standard InChI is InChI=1S/C30H32N2O2/c1-18-8-9-20(3)25(16-18)31-27-26(22-11-10-19(2)21(4)17-22)28(33)32(29(27)34)24-14-12-23(13-15-24)30(5,6)7/h8-17,31H,1-7H3. The quantitative estimate of drug-likeness (QED) is 0.453. The van der Waals surface area contributed by atoms with Crippen molar-refractivity contribution in [2.24, 2.45) is 0 Å². The molecule has 1 aliphatic rings. The fourth-order valence-electron chi connectivity index (χ4n) is 4.16. The first-order chi connectivity index (χ1) is 16.0. The molecule has 0 bridgehead atoms. The first kappa shape index (κ1) is 23.5. The molecule has 4 nitrogen and oxygen atoms in total. The molecular weight excluding hydrogens is 420 g/mol. The Morgan fingerprint density at radius 3 is 1.97 bits per heavy atom. The van der Waals surface area contributed by atoms with E-state index in [0.717, 1.165) is 39.1 Å². The van der Waals surface area contributed by atoms with Crippen LogP contribution >= 0.6 is 0 Å². The monoisotopic (exact) mass is 452 g/mol. The molecule has 1 heterocycles. The summed E-state index contributed by atoms with van der Waals surface area (Å²) < 4.78 is 0. The molecule has 0 spiro atoms. The number of nitrogens with one attached hydrogen (secondary N) is 1. The number of aryl methyl sites for hydroxylation is 4. The maximum atomic E-state index is 13.8. The van der Waals surface area contributed by atoms with Gasteiger partial charge in [0.05, 0.1) is 11.3 Å². The fourth-order valence-corrected chi connectivity index (χ4v) is 4.16. The normalized spacial score (nSPS) is 14.3. The zero-order valence-electron chi connectivity index (χ0n) is 21.0. The van der Waals surface area contributed by atoms with E-state index in [-0.39, 0.29) is 17.2 Å². The van der Waals surface area contributed by atoms with Crippen molar-refractivity contribution in [1.82, 2.24) is 0 Å². The molecule has 3 aromatic carbocycles. The molecule has 2 amide bonds. The zero-order chi connectivity index (χ0) is 24.8. The molecule has 0 aliphatic carbocycles. The largest absolute Gasteiger partial charge is 0.350 e. The topological polar surface area (TPSA) is 49.4 Å². The Bertz CT molecular complexity index is 1320. The fraction of sp³-hybridized carbons (Fsp3) is 0.267. The number of hydrogen-bond donors (Lipinski definition) is 1. The van der Waals surface area contributed by atoms with Gasteiger partial charge in [0.15, 0.2) is 0 Å². The lowest BCUT2D eigenvalue weighted by atomic mass is 9.87. The number of carbonyl (C=O) groups excluding carboxylic acids is 2. The second-order valence-electron chi connectivity index (χ2n) is 10.2. The lowest BCUT2D eigenvalue weighted by molar-refractivity contribution is -0.120. The van der Waals surface area contributed by atoms with Crippen molar-refractivity contribution >= 4 is 28.8 Å². The van der Waals surface area contributed by atoms with Gasteiger partial charge in [0.1, 0.15) is 5.70 Å². The summed E-state index contributed by atoms with van der Waals surface area (Å²) in [6.07, 6.45) is 0. The van der Waals surface area contributed by atoms with Crippen molar-refractivity contribution in [3.8, 4) is 0 Å². The van der Waals surface area contributed by atoms with Gasteiger partial charge in [0, 0.05) is 5.69 Å². The van der Waals surface area contributed by atoms with Crippen LogP contribution in [0.2, 0.25) is 0 Å². The lowest BCUT2D eigenvalue weighted by Gasteiger charge is -2.21. The van der Waals surface area contributed by atoms with Crippen molar-refractivity contribution in [2.75, 3.05) is 10.2 Å². The van der Waals surface area contributed by atoms with Gasteiger partial charge in [-0.15, -0.1) is 0 Å². The third-order valence-corrected chi connectivity index (χ3v) is 6.52. The van der Waals surface area contributed by atoms with Gasteiger partial charge in [-0.1, -0.05) is 63.2 Å². The SMILES string of the molecule is Cc1ccc(C)c(NC2=C(c3ccc(C)c(C)c3)C(=O)N(c3ccc(C(C)(C)C)cc3)C2=O)c1. The minimum atomic E-state index is -0.345. The highest BCUT2D eigenvalue weighted by atomic mass is 16.2. The Morgan fingerprint density at radius 1 is 0.706 bits per heavy atom. The van der Waals surface area contributed by atoms with Crippen LogP contribution in [0.1, 0.15) is 54.2 Å². The molecule has 1 aliphatic heterocycles. The summed E-state index contributed by atoms with van der Waals surface area (Å²) in [5.41, 5.74) is 8.26. The summed E-state index contributed by atoms with van der Waals surface area (Å²) in [5.74, 6) is -0.660. The van der Waals surface area contributed by atoms with E-state index in [0.29, 0.717) is 17.0 Å². The number of benzene rings is 3. The van der Waals surface area contributed by atoms with E-state index in [1.165, 1.54) is 4.90 Å². The number of imide groups is 1. The summed E-state index contributed by atoms with van der Waals surface area (Å²) >= 11 is 0. The molecule has 1 N–H and O–H groups in total. The van der Waals surface area contributed by atoms with Crippen LogP contribution in [0, 0.1) is 27.7 Å². The molecule has 0 unspecified atom stereocenters. The number of anilines is 2. The van der Waals surface area contributed by atoms with E-state index in [4.69, 9.17) is 0 Å². The summed E-state index contributed by atoms with van der Waals surface area (Å²) in [4.78, 5) is 28.8. The second kappa shape index (κ2) is 8.60. The van der Waals surface area contributed by atoms with E-state index in [1.54, 1.807) is 0 Å². The maximum absolute atomic E-state index is 13.8. The van der Waals surface area contributed by atoms with Gasteiger partial charge in [-0.2, -0.15) is 0 Å². The number of amides is 2. The number of nitrogens with zero attached hydrogens (tertiary/aromatic N) is 1. The second-order valence-corrected chi connectivity index (χ2v) is 10.2. The highest BCUT2D eigenvalue weighted by Gasteiger charge is 2.40. The molecule has 4 heteroatoms. The average molecular weight is 453 g/mol. The van der Waals surface area contributed by atoms with Crippen molar-refractivity contribution in [1.29, 1.82) is 0 Å². The van der Waals surface area contributed by atoms with E-state index < -0.39 is 0 Å². The summed E-state index contributed by atoms with van der Waals surface area (Å²) in [6.45, 7) is 14.5. The molecule has 4 rings (SSSR count). The Morgan fingerprint density at radius 2 is 1.35 bits per heavy atom. The highest BCUT2D eigenvalue weighted by molar-refractivity contribution is 6.46. The van der Waals surface area contributed by atoms with Crippen LogP contribution in [0.15, 0.2) is 66.4 Å². The molecule has 174 valence electrons. The molecule has 0 aromatic heterocycles. The van der Waals surface area contributed by atoms with Crippen molar-refractivity contribution in [3.63, 3.8) is 0 Å². The Balaban J connectivity index is 1.83. The van der Waals surface area contributed by atoms with E-state index >= 15 is 0 Å². The van der Waals surface area contributed by atoms with Gasteiger partial charge < -0.3 is 5.32 Å². The van der Waals surface area contributed by atoms with Crippen LogP contribution in [-0.4, -0.2) is 11.8 Å². The first-order valence-corrected chi connectivity index (χ1v) is 11.6. The van der Waals surface area contributed by atoms with Crippen LogP contribution in [0.4, 0.5) is 11.4 Å². The molecule has 0 fully saturated rings. The molecule has 0 saturated carbocycles. The van der Waals surface area contributed by atoms with Gasteiger partial charge >= 0.3 is 0 Å². The van der Waals surface area contributed by atoms with Gasteiger partial charge in [-0.25, -0.2) is 4.90 Å². The van der Waals surface area contributed by atoms with Gasteiger partial charge in [0.2, 0.25) is 0 Å². The van der Waals surface area contributed by atoms with E-state index in [2.05, 4.69) is 26.1 Å². The van der Waals surface area contributed by atoms with Gasteiger partial charge in [-0.05, 0) is 84.7 Å². The van der Waals surface area contributed by atoms with Gasteiger partial charge in [-0.3, -0.25) is 9.59 Å². The smallest absolute Gasteiger partial charge is 0.282 e. The molecular formula is C30H32N2O2. The van der Waals surface area contributed by atoms with Crippen LogP contribution in [0.5, 0.6) is 0 Å². The zero-order valence-corrected chi connectivity index (χ0v) is 21.0. The molecule has 0 saturated heterocycles. The van der Waals surface area contributed by atoms with E-state index in [9.17, 15) is 9.59 Å². The van der Waals surface area contributed by atoms with Crippen molar-refractivity contribution in [2.45, 2.75) is 53.9 Å². The molecule has 0 atom stereocenters.